The van der Waals surface area contributed by atoms with Crippen molar-refractivity contribution < 1.29 is 22.6 Å². The second-order valence-electron chi connectivity index (χ2n) is 3.48. The Kier molecular flexibility index (Phi) is 2.67. The zero-order valence-corrected chi connectivity index (χ0v) is 8.20. The van der Waals surface area contributed by atoms with Crippen LogP contribution in [0.2, 0.25) is 0 Å². The quantitative estimate of drug-likeness (QED) is 0.803. The van der Waals surface area contributed by atoms with Crippen LogP contribution in [0, 0.1) is 0 Å². The first-order chi connectivity index (χ1) is 7.48. The van der Waals surface area contributed by atoms with E-state index in [-0.39, 0.29) is 6.61 Å². The number of benzene rings is 1. The van der Waals surface area contributed by atoms with E-state index in [2.05, 4.69) is 0 Å². The maximum absolute atomic E-state index is 12.3. The molecule has 1 aliphatic heterocycles. The van der Waals surface area contributed by atoms with Gasteiger partial charge in [-0.05, 0) is 12.1 Å². The van der Waals surface area contributed by atoms with Gasteiger partial charge in [-0.3, -0.25) is 0 Å². The standard InChI is InChI=1S/C10H10F3NO2/c11-10(12,13)9(14)8-5-15-6-3-1-2-4-7(6)16-8/h1-4,8-9H,5,14H2. The van der Waals surface area contributed by atoms with Crippen LogP contribution in [-0.2, 0) is 0 Å². The van der Waals surface area contributed by atoms with Gasteiger partial charge in [0.15, 0.2) is 17.6 Å². The summed E-state index contributed by atoms with van der Waals surface area (Å²) in [6.07, 6.45) is -5.68. The SMILES string of the molecule is NC(C1COc2ccccc2O1)C(F)(F)F. The van der Waals surface area contributed by atoms with Crippen LogP contribution in [0.25, 0.3) is 0 Å². The number of para-hydroxylation sites is 2. The Morgan fingerprint density at radius 3 is 2.50 bits per heavy atom. The van der Waals surface area contributed by atoms with Gasteiger partial charge in [0.25, 0.3) is 0 Å². The highest BCUT2D eigenvalue weighted by Gasteiger charge is 2.45. The molecule has 0 bridgehead atoms. The Bertz CT molecular complexity index is 381. The van der Waals surface area contributed by atoms with Crippen molar-refractivity contribution >= 4 is 0 Å². The summed E-state index contributed by atoms with van der Waals surface area (Å²) in [6, 6.07) is 4.51. The van der Waals surface area contributed by atoms with Crippen LogP contribution in [0.15, 0.2) is 24.3 Å². The molecule has 0 saturated heterocycles. The maximum Gasteiger partial charge on any atom is 0.407 e. The molecule has 16 heavy (non-hydrogen) atoms. The first-order valence-electron chi connectivity index (χ1n) is 4.69. The van der Waals surface area contributed by atoms with Crippen LogP contribution in [0.1, 0.15) is 0 Å². The molecule has 2 atom stereocenters. The molecular weight excluding hydrogens is 223 g/mol. The van der Waals surface area contributed by atoms with E-state index in [1.807, 2.05) is 0 Å². The number of hydrogen-bond acceptors (Lipinski definition) is 3. The van der Waals surface area contributed by atoms with Gasteiger partial charge in [0.05, 0.1) is 0 Å². The molecule has 1 aromatic carbocycles. The van der Waals surface area contributed by atoms with E-state index < -0.39 is 18.3 Å². The molecule has 88 valence electrons. The fourth-order valence-corrected chi connectivity index (χ4v) is 1.42. The van der Waals surface area contributed by atoms with Crippen LogP contribution >= 0.6 is 0 Å². The minimum Gasteiger partial charge on any atom is -0.486 e. The lowest BCUT2D eigenvalue weighted by molar-refractivity contribution is -0.170. The van der Waals surface area contributed by atoms with Crippen LogP contribution in [-0.4, -0.2) is 24.9 Å². The van der Waals surface area contributed by atoms with Crippen LogP contribution in [0.4, 0.5) is 13.2 Å². The monoisotopic (exact) mass is 233 g/mol. The number of fused-ring (bicyclic) bond motifs is 1. The smallest absolute Gasteiger partial charge is 0.407 e. The second kappa shape index (κ2) is 3.86. The van der Waals surface area contributed by atoms with Gasteiger partial charge in [0.2, 0.25) is 0 Å². The molecule has 0 aliphatic carbocycles. The topological polar surface area (TPSA) is 44.5 Å². The van der Waals surface area contributed by atoms with Gasteiger partial charge in [-0.2, -0.15) is 13.2 Å². The van der Waals surface area contributed by atoms with Gasteiger partial charge in [0.1, 0.15) is 12.6 Å². The average molecular weight is 233 g/mol. The number of alkyl halides is 3. The first kappa shape index (κ1) is 11.1. The fourth-order valence-electron chi connectivity index (χ4n) is 1.42. The third-order valence-corrected chi connectivity index (χ3v) is 2.31. The molecular formula is C10H10F3NO2. The Morgan fingerprint density at radius 2 is 1.88 bits per heavy atom. The number of nitrogens with two attached hydrogens (primary N) is 1. The number of hydrogen-bond donors (Lipinski definition) is 1. The Hall–Kier alpha value is -1.43. The molecule has 0 radical (unpaired) electrons. The van der Waals surface area contributed by atoms with E-state index in [0.29, 0.717) is 11.5 Å². The van der Waals surface area contributed by atoms with Crippen molar-refractivity contribution in [1.82, 2.24) is 0 Å². The predicted molar refractivity (Wildman–Crippen MR) is 50.4 cm³/mol. The van der Waals surface area contributed by atoms with Crippen molar-refractivity contribution in [1.29, 1.82) is 0 Å². The van der Waals surface area contributed by atoms with E-state index in [1.165, 1.54) is 0 Å². The van der Waals surface area contributed by atoms with Crippen LogP contribution in [0.3, 0.4) is 0 Å². The summed E-state index contributed by atoms with van der Waals surface area (Å²) in [4.78, 5) is 0. The molecule has 1 aromatic rings. The predicted octanol–water partition coefficient (Wildman–Crippen LogP) is 1.72. The number of ether oxygens (including phenoxy) is 2. The summed E-state index contributed by atoms with van der Waals surface area (Å²) >= 11 is 0. The van der Waals surface area contributed by atoms with E-state index in [1.54, 1.807) is 24.3 Å². The maximum atomic E-state index is 12.3. The van der Waals surface area contributed by atoms with Gasteiger partial charge in [-0.15, -0.1) is 0 Å². The van der Waals surface area contributed by atoms with Crippen molar-refractivity contribution in [3.8, 4) is 11.5 Å². The highest BCUT2D eigenvalue weighted by atomic mass is 19.4. The lowest BCUT2D eigenvalue weighted by atomic mass is 10.1. The second-order valence-corrected chi connectivity index (χ2v) is 3.48. The molecule has 2 N–H and O–H groups in total. The zero-order valence-electron chi connectivity index (χ0n) is 8.20. The average Bonchev–Trinajstić information content (AvgIpc) is 2.26. The molecule has 2 unspecified atom stereocenters. The van der Waals surface area contributed by atoms with Crippen LogP contribution in [0.5, 0.6) is 11.5 Å². The van der Waals surface area contributed by atoms with E-state index in [0.717, 1.165) is 0 Å². The molecule has 1 heterocycles. The molecule has 0 saturated carbocycles. The first-order valence-corrected chi connectivity index (χ1v) is 4.69. The zero-order chi connectivity index (χ0) is 11.8. The van der Waals surface area contributed by atoms with Gasteiger partial charge in [-0.1, -0.05) is 12.1 Å². The van der Waals surface area contributed by atoms with E-state index in [4.69, 9.17) is 15.2 Å². The van der Waals surface area contributed by atoms with Gasteiger partial charge >= 0.3 is 6.18 Å². The molecule has 2 rings (SSSR count). The minimum atomic E-state index is -4.49. The highest BCUT2D eigenvalue weighted by molar-refractivity contribution is 5.40. The number of rotatable bonds is 1. The van der Waals surface area contributed by atoms with Crippen LogP contribution < -0.4 is 15.2 Å². The van der Waals surface area contributed by atoms with Crippen molar-refractivity contribution in [2.45, 2.75) is 18.3 Å². The Morgan fingerprint density at radius 1 is 1.25 bits per heavy atom. The molecule has 0 aromatic heterocycles. The fraction of sp³-hybridized carbons (Fsp3) is 0.400. The summed E-state index contributed by atoms with van der Waals surface area (Å²) in [7, 11) is 0. The van der Waals surface area contributed by atoms with Gasteiger partial charge < -0.3 is 15.2 Å². The summed E-state index contributed by atoms with van der Waals surface area (Å²) < 4.78 is 47.3. The third-order valence-electron chi connectivity index (χ3n) is 2.31. The van der Waals surface area contributed by atoms with Gasteiger partial charge in [-0.25, -0.2) is 0 Å². The van der Waals surface area contributed by atoms with Crippen molar-refractivity contribution in [3.63, 3.8) is 0 Å². The largest absolute Gasteiger partial charge is 0.486 e. The summed E-state index contributed by atoms with van der Waals surface area (Å²) in [5.74, 6) is 0.728. The van der Waals surface area contributed by atoms with E-state index in [9.17, 15) is 13.2 Å². The third kappa shape index (κ3) is 2.06. The molecule has 0 spiro atoms. The molecule has 6 heteroatoms. The minimum absolute atomic E-state index is 0.197. The Labute approximate surface area is 89.9 Å². The summed E-state index contributed by atoms with van der Waals surface area (Å²) in [5, 5.41) is 0. The molecule has 3 nitrogen and oxygen atoms in total. The molecule has 1 aliphatic rings. The Balaban J connectivity index is 2.14. The molecule has 0 fully saturated rings. The van der Waals surface area contributed by atoms with Crippen molar-refractivity contribution in [2.75, 3.05) is 6.61 Å². The molecule has 0 amide bonds. The lowest BCUT2D eigenvalue weighted by Gasteiger charge is -2.31. The van der Waals surface area contributed by atoms with Crippen molar-refractivity contribution in [2.24, 2.45) is 5.73 Å². The summed E-state index contributed by atoms with van der Waals surface area (Å²) in [5.41, 5.74) is 5.05. The lowest BCUT2D eigenvalue weighted by Crippen LogP contribution is -2.53. The highest BCUT2D eigenvalue weighted by Crippen LogP contribution is 2.33. The summed E-state index contributed by atoms with van der Waals surface area (Å²) in [6.45, 7) is -0.197. The number of halogens is 3. The van der Waals surface area contributed by atoms with Crippen molar-refractivity contribution in [3.05, 3.63) is 24.3 Å². The van der Waals surface area contributed by atoms with Gasteiger partial charge in [0, 0.05) is 0 Å². The normalized spacial score (nSPS) is 21.6. The van der Waals surface area contributed by atoms with E-state index >= 15 is 0 Å².